The second-order valence-electron chi connectivity index (χ2n) is 15.8. The summed E-state index contributed by atoms with van der Waals surface area (Å²) in [6.45, 7) is 9.18. The van der Waals surface area contributed by atoms with Gasteiger partial charge in [0, 0.05) is 31.2 Å². The van der Waals surface area contributed by atoms with Crippen molar-refractivity contribution in [2.24, 2.45) is 11.3 Å². The molecule has 2 heterocycles. The lowest BCUT2D eigenvalue weighted by atomic mass is 9.85. The van der Waals surface area contributed by atoms with Crippen molar-refractivity contribution in [2.75, 3.05) is 13.7 Å². The standard InChI is InChI=1S/C38H48BrN5O8S/c1-6-25-19-38(25,34(47)43-53(49,50)28-16-17-28)42-32(45)29-20-37(51-5,26-14-11-23(12-15-26)24-13-18-30(39)40-21-24)22-44(29)33(46)31(36(2,3)4)41-35(48)52-27-9-7-8-10-27/h6,11-15,18,21,25,27-29,31H,1,7-10,16-17,19-20,22H2,2-5H3,(H,41,48)(H,42,45)(H,43,47)/t25-,29+,31-,37+,38-/m1/s1. The second-order valence-corrected chi connectivity index (χ2v) is 18.5. The van der Waals surface area contributed by atoms with E-state index in [-0.39, 0.29) is 25.5 Å². The van der Waals surface area contributed by atoms with E-state index < -0.39 is 73.6 Å². The molecule has 0 radical (unpaired) electrons. The Morgan fingerprint density at radius 3 is 2.23 bits per heavy atom. The Morgan fingerprint density at radius 2 is 1.68 bits per heavy atom. The number of hydrogen-bond acceptors (Lipinski definition) is 9. The number of benzene rings is 1. The van der Waals surface area contributed by atoms with E-state index in [1.165, 1.54) is 18.1 Å². The van der Waals surface area contributed by atoms with Gasteiger partial charge in [-0.2, -0.15) is 0 Å². The highest BCUT2D eigenvalue weighted by molar-refractivity contribution is 9.10. The molecule has 2 aromatic rings. The van der Waals surface area contributed by atoms with Gasteiger partial charge in [-0.3, -0.25) is 19.1 Å². The minimum absolute atomic E-state index is 0.0144. The summed E-state index contributed by atoms with van der Waals surface area (Å²) in [5.41, 5.74) is -1.01. The average molecular weight is 815 g/mol. The number of nitrogens with one attached hydrogen (secondary N) is 3. The van der Waals surface area contributed by atoms with Crippen molar-refractivity contribution in [3.63, 3.8) is 0 Å². The summed E-state index contributed by atoms with van der Waals surface area (Å²) in [7, 11) is -2.39. The number of methoxy groups -OCH3 is 1. The van der Waals surface area contributed by atoms with Crippen LogP contribution in [0.25, 0.3) is 11.1 Å². The fraction of sp³-hybridized carbons (Fsp3) is 0.553. The SMILES string of the molecule is C=C[C@@H]1C[C@]1(NC(=O)[C@@H]1C[C@@](OC)(c2ccc(-c3ccc(Br)nc3)cc2)CN1C(=O)[C@@H](NC(=O)OC1CCCC1)C(C)(C)C)C(=O)NS(=O)(=O)C1CC1. The summed E-state index contributed by atoms with van der Waals surface area (Å²) >= 11 is 3.36. The number of pyridine rings is 1. The van der Waals surface area contributed by atoms with Gasteiger partial charge in [-0.25, -0.2) is 18.2 Å². The van der Waals surface area contributed by atoms with Crippen molar-refractivity contribution in [1.29, 1.82) is 0 Å². The predicted molar refractivity (Wildman–Crippen MR) is 201 cm³/mol. The van der Waals surface area contributed by atoms with Crippen molar-refractivity contribution < 1.29 is 37.1 Å². The van der Waals surface area contributed by atoms with E-state index in [9.17, 15) is 27.6 Å². The minimum Gasteiger partial charge on any atom is -0.446 e. The molecule has 0 spiro atoms. The van der Waals surface area contributed by atoms with Crippen molar-refractivity contribution in [3.05, 3.63) is 65.4 Å². The Labute approximate surface area is 319 Å². The third kappa shape index (κ3) is 8.16. The summed E-state index contributed by atoms with van der Waals surface area (Å²) in [5, 5.41) is 4.99. The molecule has 0 bridgehead atoms. The van der Waals surface area contributed by atoms with Crippen molar-refractivity contribution in [1.82, 2.24) is 25.2 Å². The Kier molecular flexibility index (Phi) is 10.8. The van der Waals surface area contributed by atoms with Gasteiger partial charge in [0.2, 0.25) is 21.8 Å². The van der Waals surface area contributed by atoms with Crippen LogP contribution in [-0.2, 0) is 39.5 Å². The fourth-order valence-electron chi connectivity index (χ4n) is 7.47. The lowest BCUT2D eigenvalue weighted by Gasteiger charge is -2.36. The number of amides is 4. The van der Waals surface area contributed by atoms with Crippen LogP contribution >= 0.6 is 15.9 Å². The number of halogens is 1. The zero-order chi connectivity index (χ0) is 38.3. The number of likely N-dealkylation sites (tertiary alicyclic amines) is 1. The molecule has 13 nitrogen and oxygen atoms in total. The molecule has 1 saturated heterocycles. The molecule has 5 atom stereocenters. The van der Waals surface area contributed by atoms with Crippen LogP contribution in [0.3, 0.4) is 0 Å². The molecule has 3 N–H and O–H groups in total. The highest BCUT2D eigenvalue weighted by Crippen LogP contribution is 2.47. The number of aromatic nitrogens is 1. The van der Waals surface area contributed by atoms with Crippen molar-refractivity contribution >= 4 is 49.8 Å². The summed E-state index contributed by atoms with van der Waals surface area (Å²) in [4.78, 5) is 61.6. The van der Waals surface area contributed by atoms with E-state index in [4.69, 9.17) is 9.47 Å². The first-order valence-corrected chi connectivity index (χ1v) is 20.4. The molecule has 4 aliphatic rings. The number of carbonyl (C=O) groups is 4. The van der Waals surface area contributed by atoms with Crippen LogP contribution in [0.1, 0.15) is 77.7 Å². The molecule has 4 amide bonds. The summed E-state index contributed by atoms with van der Waals surface area (Å²) in [5.74, 6) is -2.53. The topological polar surface area (TPSA) is 173 Å². The molecule has 0 unspecified atom stereocenters. The number of hydrogen-bond donors (Lipinski definition) is 3. The maximum Gasteiger partial charge on any atom is 0.408 e. The highest BCUT2D eigenvalue weighted by Gasteiger charge is 2.62. The van der Waals surface area contributed by atoms with E-state index in [0.29, 0.717) is 23.0 Å². The number of carbonyl (C=O) groups excluding carboxylic acids is 4. The van der Waals surface area contributed by atoms with Gasteiger partial charge < -0.3 is 25.0 Å². The maximum absolute atomic E-state index is 14.7. The number of ether oxygens (including phenoxy) is 2. The Balaban J connectivity index is 1.31. The fourth-order valence-corrected chi connectivity index (χ4v) is 9.07. The minimum atomic E-state index is -3.90. The lowest BCUT2D eigenvalue weighted by molar-refractivity contribution is -0.143. The first kappa shape index (κ1) is 38.9. The molecular weight excluding hydrogens is 766 g/mol. The van der Waals surface area contributed by atoms with Crippen LogP contribution in [0.5, 0.6) is 0 Å². The van der Waals surface area contributed by atoms with E-state index in [2.05, 4.69) is 42.8 Å². The zero-order valence-electron chi connectivity index (χ0n) is 30.5. The van der Waals surface area contributed by atoms with E-state index in [1.54, 1.807) is 6.20 Å². The lowest BCUT2D eigenvalue weighted by Crippen LogP contribution is -2.60. The molecule has 3 saturated carbocycles. The first-order chi connectivity index (χ1) is 25.0. The van der Waals surface area contributed by atoms with Crippen LogP contribution in [0, 0.1) is 11.3 Å². The van der Waals surface area contributed by atoms with Gasteiger partial charge in [-0.1, -0.05) is 57.2 Å². The van der Waals surface area contributed by atoms with Gasteiger partial charge in [0.05, 0.1) is 11.8 Å². The van der Waals surface area contributed by atoms with Crippen LogP contribution in [0.15, 0.2) is 59.9 Å². The predicted octanol–water partition coefficient (Wildman–Crippen LogP) is 4.71. The average Bonchev–Trinajstić information content (AvgIpc) is 4.00. The molecule has 286 valence electrons. The molecule has 6 rings (SSSR count). The number of rotatable bonds is 12. The molecule has 1 aliphatic heterocycles. The van der Waals surface area contributed by atoms with Gasteiger partial charge in [-0.15, -0.1) is 6.58 Å². The zero-order valence-corrected chi connectivity index (χ0v) is 32.9. The van der Waals surface area contributed by atoms with E-state index >= 15 is 0 Å². The quantitative estimate of drug-likeness (QED) is 0.203. The molecule has 1 aromatic carbocycles. The second kappa shape index (κ2) is 14.8. The Hall–Kier alpha value is -3.82. The van der Waals surface area contributed by atoms with Gasteiger partial charge in [0.15, 0.2) is 0 Å². The van der Waals surface area contributed by atoms with Crippen LogP contribution in [0.4, 0.5) is 4.79 Å². The monoisotopic (exact) mass is 813 g/mol. The molecule has 4 fully saturated rings. The van der Waals surface area contributed by atoms with Crippen LogP contribution < -0.4 is 15.4 Å². The van der Waals surface area contributed by atoms with Gasteiger partial charge >= 0.3 is 6.09 Å². The molecule has 1 aromatic heterocycles. The molecule has 15 heteroatoms. The normalized spacial score (nSPS) is 26.4. The number of sulfonamides is 1. The summed E-state index contributed by atoms with van der Waals surface area (Å²) in [6, 6.07) is 9.12. The van der Waals surface area contributed by atoms with E-state index in [1.807, 2.05) is 57.2 Å². The number of alkyl carbamates (subject to hydrolysis) is 1. The van der Waals surface area contributed by atoms with Gasteiger partial charge in [-0.05, 0) is 83.5 Å². The van der Waals surface area contributed by atoms with Gasteiger partial charge in [0.1, 0.15) is 33.9 Å². The third-order valence-electron chi connectivity index (χ3n) is 11.0. The molecular formula is C38H48BrN5O8S. The Morgan fingerprint density at radius 1 is 1.02 bits per heavy atom. The highest BCUT2D eigenvalue weighted by atomic mass is 79.9. The Bertz CT molecular complexity index is 1860. The smallest absolute Gasteiger partial charge is 0.408 e. The summed E-state index contributed by atoms with van der Waals surface area (Å²) < 4.78 is 40.2. The largest absolute Gasteiger partial charge is 0.446 e. The molecule has 3 aliphatic carbocycles. The van der Waals surface area contributed by atoms with Crippen LogP contribution in [-0.4, -0.2) is 84.7 Å². The molecule has 53 heavy (non-hydrogen) atoms. The van der Waals surface area contributed by atoms with Crippen molar-refractivity contribution in [2.45, 2.75) is 107 Å². The summed E-state index contributed by atoms with van der Waals surface area (Å²) in [6.07, 6.45) is 6.85. The maximum atomic E-state index is 14.7. The van der Waals surface area contributed by atoms with Crippen LogP contribution in [0.2, 0.25) is 0 Å². The first-order valence-electron chi connectivity index (χ1n) is 18.1. The van der Waals surface area contributed by atoms with Gasteiger partial charge in [0.25, 0.3) is 5.91 Å². The number of nitrogens with zero attached hydrogens (tertiary/aromatic N) is 2. The van der Waals surface area contributed by atoms with Crippen molar-refractivity contribution in [3.8, 4) is 11.1 Å². The van der Waals surface area contributed by atoms with E-state index in [0.717, 1.165) is 36.8 Å². The third-order valence-corrected chi connectivity index (χ3v) is 13.3.